The zero-order valence-electron chi connectivity index (χ0n) is 18.9. The molecular weight excluding hydrogens is 489 g/mol. The van der Waals surface area contributed by atoms with Crippen LogP contribution in [0.4, 0.5) is 0 Å². The summed E-state index contributed by atoms with van der Waals surface area (Å²) in [4.78, 5) is 21.1. The first kappa shape index (κ1) is 24.1. The average molecular weight is 532 g/mol. The number of nitrogens with zero attached hydrogens (tertiary/aromatic N) is 3. The van der Waals surface area contributed by atoms with Crippen LogP contribution in [-0.2, 0) is 4.79 Å². The summed E-state index contributed by atoms with van der Waals surface area (Å²) >= 11 is 0. The summed E-state index contributed by atoms with van der Waals surface area (Å²) in [6.07, 6.45) is 14.8. The number of likely N-dealkylation sites (tertiary alicyclic amines) is 1. The van der Waals surface area contributed by atoms with E-state index in [1.807, 2.05) is 0 Å². The fourth-order valence-corrected chi connectivity index (χ4v) is 6.07. The van der Waals surface area contributed by atoms with Gasteiger partial charge in [0.05, 0.1) is 0 Å². The van der Waals surface area contributed by atoms with Crippen molar-refractivity contribution in [1.29, 1.82) is 0 Å². The Bertz CT molecular complexity index is 584. The van der Waals surface area contributed by atoms with Crippen molar-refractivity contribution in [2.45, 2.75) is 88.8 Å². The number of nitrogens with one attached hydrogen (secondary N) is 2. The van der Waals surface area contributed by atoms with Crippen LogP contribution in [0.3, 0.4) is 0 Å². The van der Waals surface area contributed by atoms with Crippen LogP contribution in [0.1, 0.15) is 70.6 Å². The first-order valence-electron chi connectivity index (χ1n) is 12.1. The van der Waals surface area contributed by atoms with Gasteiger partial charge < -0.3 is 20.4 Å². The topological polar surface area (TPSA) is 60.0 Å². The van der Waals surface area contributed by atoms with E-state index in [4.69, 9.17) is 0 Å². The van der Waals surface area contributed by atoms with Gasteiger partial charge in [0.2, 0.25) is 5.91 Å². The molecule has 2 bridgehead atoms. The highest BCUT2D eigenvalue weighted by molar-refractivity contribution is 14.0. The molecule has 0 radical (unpaired) electrons. The zero-order chi connectivity index (χ0) is 20.2. The van der Waals surface area contributed by atoms with Gasteiger partial charge >= 0.3 is 0 Å². The van der Waals surface area contributed by atoms with Gasteiger partial charge in [-0.05, 0) is 56.8 Å². The van der Waals surface area contributed by atoms with Crippen molar-refractivity contribution in [3.05, 3.63) is 0 Å². The van der Waals surface area contributed by atoms with Gasteiger partial charge in [-0.3, -0.25) is 4.79 Å². The van der Waals surface area contributed by atoms with Crippen molar-refractivity contribution in [3.8, 4) is 0 Å². The van der Waals surface area contributed by atoms with Crippen LogP contribution in [-0.4, -0.2) is 73.5 Å². The molecule has 0 aromatic heterocycles. The number of fused-ring (bicyclic) bond motifs is 2. The van der Waals surface area contributed by atoms with Gasteiger partial charge in [0.1, 0.15) is 6.54 Å². The van der Waals surface area contributed by atoms with Gasteiger partial charge in [-0.25, -0.2) is 4.99 Å². The van der Waals surface area contributed by atoms with Crippen molar-refractivity contribution >= 4 is 35.8 Å². The minimum Gasteiger partial charge on any atom is -0.354 e. The molecule has 3 atom stereocenters. The quantitative estimate of drug-likeness (QED) is 0.325. The molecule has 2 N–H and O–H groups in total. The van der Waals surface area contributed by atoms with E-state index >= 15 is 0 Å². The minimum absolute atomic E-state index is 0. The van der Waals surface area contributed by atoms with E-state index in [1.165, 1.54) is 83.7 Å². The molecule has 1 heterocycles. The van der Waals surface area contributed by atoms with Gasteiger partial charge in [-0.1, -0.05) is 25.7 Å². The fraction of sp³-hybridized carbons (Fsp3) is 0.913. The number of amides is 1. The molecule has 4 fully saturated rings. The number of likely N-dealkylation sites (N-methyl/N-ethyl adjacent to an activating group) is 1. The Morgan fingerprint density at radius 2 is 1.70 bits per heavy atom. The lowest BCUT2D eigenvalue weighted by atomic mass is 9.92. The van der Waals surface area contributed by atoms with E-state index in [2.05, 4.69) is 20.5 Å². The Hall–Kier alpha value is -0.570. The van der Waals surface area contributed by atoms with E-state index in [1.54, 1.807) is 19.0 Å². The molecular formula is C23H42IN5O. The van der Waals surface area contributed by atoms with Gasteiger partial charge in [-0.2, -0.15) is 0 Å². The minimum atomic E-state index is 0. The second kappa shape index (κ2) is 11.3. The van der Waals surface area contributed by atoms with Crippen LogP contribution in [0, 0.1) is 11.8 Å². The van der Waals surface area contributed by atoms with Gasteiger partial charge in [0.15, 0.2) is 5.96 Å². The highest BCUT2D eigenvalue weighted by Gasteiger charge is 2.40. The Balaban J connectivity index is 0.00000256. The highest BCUT2D eigenvalue weighted by atomic mass is 127. The summed E-state index contributed by atoms with van der Waals surface area (Å²) in [6, 6.07) is 1.83. The third-order valence-corrected chi connectivity index (χ3v) is 7.89. The first-order chi connectivity index (χ1) is 14.1. The highest BCUT2D eigenvalue weighted by Crippen LogP contribution is 2.44. The molecule has 4 aliphatic rings. The van der Waals surface area contributed by atoms with E-state index in [9.17, 15) is 4.79 Å². The molecule has 0 aromatic rings. The predicted octanol–water partition coefficient (Wildman–Crippen LogP) is 3.21. The average Bonchev–Trinajstić information content (AvgIpc) is 3.36. The maximum Gasteiger partial charge on any atom is 0.243 e. The number of carbonyl (C=O) groups excluding carboxylic acids is 1. The Kier molecular flexibility index (Phi) is 9.10. The van der Waals surface area contributed by atoms with Gasteiger partial charge in [0.25, 0.3) is 0 Å². The third kappa shape index (κ3) is 6.24. The standard InChI is InChI=1S/C23H41N5O.HI/c1-27(2)22(29)16-24-23(26-21-15-17-8-9-18(21)14-17)25-19-10-12-28(13-11-19)20-6-4-3-5-7-20;/h17-21H,3-16H2,1-2H3,(H2,24,25,26);1H. The van der Waals surface area contributed by atoms with Gasteiger partial charge in [0, 0.05) is 45.3 Å². The summed E-state index contributed by atoms with van der Waals surface area (Å²) in [7, 11) is 3.60. The van der Waals surface area contributed by atoms with Crippen LogP contribution >= 0.6 is 24.0 Å². The number of hydrogen-bond donors (Lipinski definition) is 2. The van der Waals surface area contributed by atoms with E-state index in [0.29, 0.717) is 12.1 Å². The van der Waals surface area contributed by atoms with Crippen molar-refractivity contribution in [3.63, 3.8) is 0 Å². The summed E-state index contributed by atoms with van der Waals surface area (Å²) in [6.45, 7) is 2.62. The molecule has 6 nitrogen and oxygen atoms in total. The Morgan fingerprint density at radius 1 is 0.967 bits per heavy atom. The molecule has 30 heavy (non-hydrogen) atoms. The molecule has 0 aromatic carbocycles. The van der Waals surface area contributed by atoms with Crippen molar-refractivity contribution < 1.29 is 4.79 Å². The van der Waals surface area contributed by atoms with E-state index < -0.39 is 0 Å². The van der Waals surface area contributed by atoms with Gasteiger partial charge in [-0.15, -0.1) is 24.0 Å². The second-order valence-corrected chi connectivity index (χ2v) is 10.1. The number of carbonyl (C=O) groups is 1. The van der Waals surface area contributed by atoms with Crippen LogP contribution in [0.5, 0.6) is 0 Å². The number of aliphatic imine (C=N–C) groups is 1. The number of guanidine groups is 1. The maximum atomic E-state index is 12.1. The molecule has 3 aliphatic carbocycles. The molecule has 1 saturated heterocycles. The molecule has 3 unspecified atom stereocenters. The number of hydrogen-bond acceptors (Lipinski definition) is 3. The lowest BCUT2D eigenvalue weighted by Crippen LogP contribution is -2.53. The molecule has 172 valence electrons. The van der Waals surface area contributed by atoms with Crippen LogP contribution in [0.15, 0.2) is 4.99 Å². The number of piperidine rings is 1. The molecule has 0 spiro atoms. The molecule has 1 amide bonds. The van der Waals surface area contributed by atoms with Crippen molar-refractivity contribution in [2.24, 2.45) is 16.8 Å². The molecule has 1 aliphatic heterocycles. The van der Waals surface area contributed by atoms with Crippen LogP contribution in [0.25, 0.3) is 0 Å². The lowest BCUT2D eigenvalue weighted by Gasteiger charge is -2.40. The van der Waals surface area contributed by atoms with Crippen LogP contribution in [0.2, 0.25) is 0 Å². The summed E-state index contributed by atoms with van der Waals surface area (Å²) in [5, 5.41) is 7.42. The second-order valence-electron chi connectivity index (χ2n) is 10.1. The molecule has 7 heteroatoms. The predicted molar refractivity (Wildman–Crippen MR) is 133 cm³/mol. The van der Waals surface area contributed by atoms with Crippen molar-refractivity contribution in [2.75, 3.05) is 33.7 Å². The molecule has 4 rings (SSSR count). The number of halogens is 1. The smallest absolute Gasteiger partial charge is 0.243 e. The first-order valence-corrected chi connectivity index (χ1v) is 12.1. The summed E-state index contributed by atoms with van der Waals surface area (Å²) < 4.78 is 0. The van der Waals surface area contributed by atoms with Crippen LogP contribution < -0.4 is 10.6 Å². The SMILES string of the molecule is CN(C)C(=O)CN=C(NC1CCN(C2CCCCC2)CC1)NC1CC2CCC1C2.I. The largest absolute Gasteiger partial charge is 0.354 e. The fourth-order valence-electron chi connectivity index (χ4n) is 6.07. The Labute approximate surface area is 200 Å². The molecule has 3 saturated carbocycles. The lowest BCUT2D eigenvalue weighted by molar-refractivity contribution is -0.127. The van der Waals surface area contributed by atoms with Crippen molar-refractivity contribution in [1.82, 2.24) is 20.4 Å². The normalized spacial score (nSPS) is 30.7. The zero-order valence-corrected chi connectivity index (χ0v) is 21.3. The number of rotatable bonds is 5. The monoisotopic (exact) mass is 531 g/mol. The maximum absolute atomic E-state index is 12.1. The van der Waals surface area contributed by atoms with E-state index in [-0.39, 0.29) is 36.4 Å². The summed E-state index contributed by atoms with van der Waals surface area (Å²) in [5.41, 5.74) is 0. The Morgan fingerprint density at radius 3 is 2.30 bits per heavy atom. The van der Waals surface area contributed by atoms with E-state index in [0.717, 1.165) is 23.8 Å². The summed E-state index contributed by atoms with van der Waals surface area (Å²) in [5.74, 6) is 2.63. The third-order valence-electron chi connectivity index (χ3n) is 7.89.